The maximum absolute atomic E-state index is 13.0. The average molecular weight is 229 g/mol. The largest absolute Gasteiger partial charge is 0.505 e. The molecular weight excluding hydrogens is 217 g/mol. The van der Waals surface area contributed by atoms with E-state index in [1.807, 2.05) is 0 Å². The van der Waals surface area contributed by atoms with Crippen molar-refractivity contribution in [2.45, 2.75) is 12.5 Å². The third-order valence-electron chi connectivity index (χ3n) is 2.11. The van der Waals surface area contributed by atoms with Gasteiger partial charge in [0.15, 0.2) is 11.6 Å². The highest BCUT2D eigenvalue weighted by molar-refractivity contribution is 5.73. The summed E-state index contributed by atoms with van der Waals surface area (Å²) in [6.07, 6.45) is -0.0493. The lowest BCUT2D eigenvalue weighted by Crippen LogP contribution is -2.32. The minimum absolute atomic E-state index is 0.0493. The summed E-state index contributed by atoms with van der Waals surface area (Å²) in [5, 5.41) is 17.8. The van der Waals surface area contributed by atoms with Gasteiger partial charge in [0, 0.05) is 18.1 Å². The molecule has 0 aliphatic carbocycles. The van der Waals surface area contributed by atoms with E-state index in [0.717, 1.165) is 12.1 Å². The first kappa shape index (κ1) is 12.3. The molecule has 0 aliphatic rings. The molecule has 0 saturated carbocycles. The third kappa shape index (κ3) is 2.60. The van der Waals surface area contributed by atoms with E-state index in [4.69, 9.17) is 20.7 Å². The van der Waals surface area contributed by atoms with Crippen molar-refractivity contribution in [3.05, 3.63) is 23.5 Å². The Bertz CT molecular complexity index is 408. The topological polar surface area (TPSA) is 92.8 Å². The van der Waals surface area contributed by atoms with E-state index in [-0.39, 0.29) is 12.2 Å². The molecule has 0 fully saturated rings. The first-order valence-electron chi connectivity index (χ1n) is 4.49. The minimum atomic E-state index is -1.18. The SMILES string of the molecule is COc1cc(F)c(O)cc1CC(N)C(=O)O. The summed E-state index contributed by atoms with van der Waals surface area (Å²) in [6.45, 7) is 0. The molecule has 0 bridgehead atoms. The number of methoxy groups -OCH3 is 1. The van der Waals surface area contributed by atoms with Crippen molar-refractivity contribution in [1.82, 2.24) is 0 Å². The van der Waals surface area contributed by atoms with Gasteiger partial charge in [-0.3, -0.25) is 4.79 Å². The number of halogens is 1. The molecule has 0 amide bonds. The van der Waals surface area contributed by atoms with E-state index in [2.05, 4.69) is 0 Å². The van der Waals surface area contributed by atoms with E-state index in [9.17, 15) is 9.18 Å². The van der Waals surface area contributed by atoms with Crippen LogP contribution in [-0.4, -0.2) is 29.3 Å². The summed E-state index contributed by atoms with van der Waals surface area (Å²) in [7, 11) is 1.32. The number of rotatable bonds is 4. The number of carbonyl (C=O) groups is 1. The fourth-order valence-electron chi connectivity index (χ4n) is 1.26. The fourth-order valence-corrected chi connectivity index (χ4v) is 1.26. The molecule has 1 unspecified atom stereocenters. The maximum atomic E-state index is 13.0. The Balaban J connectivity index is 3.03. The first-order chi connectivity index (χ1) is 7.45. The van der Waals surface area contributed by atoms with Gasteiger partial charge in [-0.25, -0.2) is 4.39 Å². The number of carboxylic acid groups (broad SMARTS) is 1. The van der Waals surface area contributed by atoms with Crippen molar-refractivity contribution in [2.24, 2.45) is 5.73 Å². The van der Waals surface area contributed by atoms with Crippen LogP contribution >= 0.6 is 0 Å². The molecule has 1 rings (SSSR count). The molecule has 88 valence electrons. The standard InChI is InChI=1S/C10H12FNO4/c1-16-9-4-6(11)8(13)3-5(9)2-7(12)10(14)15/h3-4,7,13H,2,12H2,1H3,(H,14,15). The van der Waals surface area contributed by atoms with Crippen LogP contribution in [0, 0.1) is 5.82 Å². The molecule has 0 radical (unpaired) electrons. The zero-order chi connectivity index (χ0) is 12.3. The van der Waals surface area contributed by atoms with Gasteiger partial charge >= 0.3 is 5.97 Å². The number of phenolic OH excluding ortho intramolecular Hbond substituents is 1. The molecular formula is C10H12FNO4. The Hall–Kier alpha value is -1.82. The van der Waals surface area contributed by atoms with E-state index in [0.29, 0.717) is 5.56 Å². The van der Waals surface area contributed by atoms with E-state index < -0.39 is 23.6 Å². The van der Waals surface area contributed by atoms with Crippen molar-refractivity contribution >= 4 is 5.97 Å². The molecule has 6 heteroatoms. The Morgan fingerprint density at radius 3 is 2.75 bits per heavy atom. The Morgan fingerprint density at radius 2 is 2.25 bits per heavy atom. The Morgan fingerprint density at radius 1 is 1.62 bits per heavy atom. The first-order valence-corrected chi connectivity index (χ1v) is 4.49. The lowest BCUT2D eigenvalue weighted by Gasteiger charge is -2.11. The van der Waals surface area contributed by atoms with Crippen LogP contribution in [0.15, 0.2) is 12.1 Å². The summed E-state index contributed by atoms with van der Waals surface area (Å²) >= 11 is 0. The predicted octanol–water partition coefficient (Wildman–Crippen LogP) is 0.494. The molecule has 0 heterocycles. The molecule has 1 aromatic rings. The van der Waals surface area contributed by atoms with Crippen LogP contribution in [0.3, 0.4) is 0 Å². The molecule has 16 heavy (non-hydrogen) atoms. The van der Waals surface area contributed by atoms with Crippen molar-refractivity contribution in [1.29, 1.82) is 0 Å². The van der Waals surface area contributed by atoms with Gasteiger partial charge in [-0.1, -0.05) is 0 Å². The van der Waals surface area contributed by atoms with Crippen molar-refractivity contribution in [3.63, 3.8) is 0 Å². The van der Waals surface area contributed by atoms with Crippen LogP contribution in [0.1, 0.15) is 5.56 Å². The van der Waals surface area contributed by atoms with Gasteiger partial charge < -0.3 is 20.7 Å². The monoisotopic (exact) mass is 229 g/mol. The summed E-state index contributed by atoms with van der Waals surface area (Å²) < 4.78 is 17.8. The van der Waals surface area contributed by atoms with Gasteiger partial charge in [0.1, 0.15) is 11.8 Å². The van der Waals surface area contributed by atoms with Crippen LogP contribution in [0.4, 0.5) is 4.39 Å². The quantitative estimate of drug-likeness (QED) is 0.698. The number of hydrogen-bond acceptors (Lipinski definition) is 4. The van der Waals surface area contributed by atoms with Crippen LogP contribution in [0.5, 0.6) is 11.5 Å². The van der Waals surface area contributed by atoms with Crippen molar-refractivity contribution in [2.75, 3.05) is 7.11 Å². The number of hydrogen-bond donors (Lipinski definition) is 3. The van der Waals surface area contributed by atoms with Crippen molar-refractivity contribution < 1.29 is 24.1 Å². The number of ether oxygens (including phenoxy) is 1. The summed E-state index contributed by atoms with van der Waals surface area (Å²) in [5.41, 5.74) is 5.67. The lowest BCUT2D eigenvalue weighted by atomic mass is 10.0. The number of aromatic hydroxyl groups is 1. The maximum Gasteiger partial charge on any atom is 0.320 e. The Labute approximate surface area is 91.3 Å². The van der Waals surface area contributed by atoms with E-state index in [1.165, 1.54) is 7.11 Å². The van der Waals surface area contributed by atoms with Gasteiger partial charge in [0.25, 0.3) is 0 Å². The van der Waals surface area contributed by atoms with Crippen LogP contribution in [0.25, 0.3) is 0 Å². The minimum Gasteiger partial charge on any atom is -0.505 e. The van der Waals surface area contributed by atoms with Crippen LogP contribution < -0.4 is 10.5 Å². The average Bonchev–Trinajstić information content (AvgIpc) is 2.22. The van der Waals surface area contributed by atoms with E-state index in [1.54, 1.807) is 0 Å². The van der Waals surface area contributed by atoms with Crippen LogP contribution in [0.2, 0.25) is 0 Å². The van der Waals surface area contributed by atoms with Crippen molar-refractivity contribution in [3.8, 4) is 11.5 Å². The second-order valence-electron chi connectivity index (χ2n) is 3.26. The highest BCUT2D eigenvalue weighted by Gasteiger charge is 2.17. The summed E-state index contributed by atoms with van der Waals surface area (Å²) in [5.74, 6) is -2.41. The number of carboxylic acids is 1. The normalized spacial score (nSPS) is 12.2. The molecule has 1 aromatic carbocycles. The highest BCUT2D eigenvalue weighted by Crippen LogP contribution is 2.27. The predicted molar refractivity (Wildman–Crippen MR) is 53.9 cm³/mol. The van der Waals surface area contributed by atoms with Gasteiger partial charge in [-0.15, -0.1) is 0 Å². The molecule has 5 nitrogen and oxygen atoms in total. The molecule has 1 atom stereocenters. The molecule has 0 aromatic heterocycles. The third-order valence-corrected chi connectivity index (χ3v) is 2.11. The lowest BCUT2D eigenvalue weighted by molar-refractivity contribution is -0.138. The van der Waals surface area contributed by atoms with E-state index >= 15 is 0 Å². The zero-order valence-electron chi connectivity index (χ0n) is 8.61. The second-order valence-corrected chi connectivity index (χ2v) is 3.26. The summed E-state index contributed by atoms with van der Waals surface area (Å²) in [6, 6.07) is 0.967. The smallest absolute Gasteiger partial charge is 0.320 e. The number of nitrogens with two attached hydrogens (primary N) is 1. The zero-order valence-corrected chi connectivity index (χ0v) is 8.61. The van der Waals surface area contributed by atoms with Gasteiger partial charge in [0.05, 0.1) is 7.11 Å². The van der Waals surface area contributed by atoms with Gasteiger partial charge in [-0.05, 0) is 6.07 Å². The molecule has 0 saturated heterocycles. The molecule has 0 spiro atoms. The number of phenols is 1. The molecule has 0 aliphatic heterocycles. The van der Waals surface area contributed by atoms with Crippen LogP contribution in [-0.2, 0) is 11.2 Å². The Kier molecular flexibility index (Phi) is 3.68. The number of benzene rings is 1. The molecule has 4 N–H and O–H groups in total. The summed E-state index contributed by atoms with van der Waals surface area (Å²) in [4.78, 5) is 10.6. The van der Waals surface area contributed by atoms with Gasteiger partial charge in [-0.2, -0.15) is 0 Å². The number of aliphatic carboxylic acids is 1. The highest BCUT2D eigenvalue weighted by atomic mass is 19.1. The fraction of sp³-hybridized carbons (Fsp3) is 0.300. The van der Waals surface area contributed by atoms with Gasteiger partial charge in [0.2, 0.25) is 0 Å². The second kappa shape index (κ2) is 4.80.